The minimum Gasteiger partial charge on any atom is -0.506 e. The van der Waals surface area contributed by atoms with Gasteiger partial charge in [-0.05, 0) is 24.3 Å². The van der Waals surface area contributed by atoms with Crippen LogP contribution < -0.4 is 14.8 Å². The molecule has 2 aromatic rings. The zero-order chi connectivity index (χ0) is 15.4. The highest BCUT2D eigenvalue weighted by Crippen LogP contribution is 2.33. The normalized spacial score (nSPS) is 10.3. The largest absolute Gasteiger partial charge is 0.506 e. The highest BCUT2D eigenvalue weighted by atomic mass is 35.5. The molecule has 0 aromatic heterocycles. The molecule has 0 aliphatic carbocycles. The van der Waals surface area contributed by atoms with Crippen LogP contribution in [0.1, 0.15) is 5.56 Å². The lowest BCUT2D eigenvalue weighted by Crippen LogP contribution is -2.02. The van der Waals surface area contributed by atoms with Crippen molar-refractivity contribution >= 4 is 28.9 Å². The fourth-order valence-electron chi connectivity index (χ4n) is 1.90. The van der Waals surface area contributed by atoms with Crippen LogP contribution in [-0.4, -0.2) is 19.3 Å². The van der Waals surface area contributed by atoms with E-state index in [9.17, 15) is 5.11 Å². The molecule has 0 unspecified atom stereocenters. The zero-order valence-electron chi connectivity index (χ0n) is 11.6. The van der Waals surface area contributed by atoms with Gasteiger partial charge in [-0.3, -0.25) is 0 Å². The average Bonchev–Trinajstić information content (AvgIpc) is 2.49. The number of aromatic hydroxyl groups is 1. The van der Waals surface area contributed by atoms with Crippen LogP contribution in [0.2, 0.25) is 10.0 Å². The molecule has 0 saturated heterocycles. The second-order valence-corrected chi connectivity index (χ2v) is 5.16. The predicted octanol–water partition coefficient (Wildman–Crippen LogP) is 4.33. The Morgan fingerprint density at radius 1 is 1.10 bits per heavy atom. The second-order valence-electron chi connectivity index (χ2n) is 4.32. The summed E-state index contributed by atoms with van der Waals surface area (Å²) in [5.41, 5.74) is 1.34. The molecule has 2 aromatic carbocycles. The number of benzene rings is 2. The minimum absolute atomic E-state index is 0.00966. The molecule has 112 valence electrons. The van der Waals surface area contributed by atoms with E-state index < -0.39 is 0 Å². The van der Waals surface area contributed by atoms with E-state index in [1.165, 1.54) is 6.07 Å². The summed E-state index contributed by atoms with van der Waals surface area (Å²) in [4.78, 5) is 0. The highest BCUT2D eigenvalue weighted by Gasteiger charge is 2.10. The molecule has 0 radical (unpaired) electrons. The van der Waals surface area contributed by atoms with Crippen LogP contribution in [0, 0.1) is 0 Å². The van der Waals surface area contributed by atoms with Crippen molar-refractivity contribution in [3.8, 4) is 17.2 Å². The molecule has 0 aliphatic heterocycles. The maximum Gasteiger partial charge on any atom is 0.142 e. The van der Waals surface area contributed by atoms with Crippen molar-refractivity contribution in [1.82, 2.24) is 0 Å². The Labute approximate surface area is 133 Å². The summed E-state index contributed by atoms with van der Waals surface area (Å²) >= 11 is 11.8. The smallest absolute Gasteiger partial charge is 0.142 e. The van der Waals surface area contributed by atoms with Crippen LogP contribution in [0.3, 0.4) is 0 Å². The van der Waals surface area contributed by atoms with Crippen LogP contribution in [0.25, 0.3) is 0 Å². The maximum atomic E-state index is 9.94. The Balaban J connectivity index is 2.23. The zero-order valence-corrected chi connectivity index (χ0v) is 13.1. The number of phenolic OH excluding ortho intramolecular Hbond substituents is 1. The quantitative estimate of drug-likeness (QED) is 0.858. The summed E-state index contributed by atoms with van der Waals surface area (Å²) in [5, 5.41) is 13.8. The molecule has 0 saturated carbocycles. The van der Waals surface area contributed by atoms with E-state index in [2.05, 4.69) is 5.32 Å². The Hall–Kier alpha value is -1.78. The number of methoxy groups -OCH3 is 2. The number of nitrogens with one attached hydrogen (secondary N) is 1. The SMILES string of the molecule is COc1ccc(OC)c(NCc2cc(Cl)cc(Cl)c2O)c1. The number of rotatable bonds is 5. The first-order valence-electron chi connectivity index (χ1n) is 6.18. The van der Waals surface area contributed by atoms with Crippen molar-refractivity contribution in [2.24, 2.45) is 0 Å². The third kappa shape index (κ3) is 3.65. The number of hydrogen-bond donors (Lipinski definition) is 2. The van der Waals surface area contributed by atoms with Crippen molar-refractivity contribution in [3.63, 3.8) is 0 Å². The number of ether oxygens (including phenoxy) is 2. The van der Waals surface area contributed by atoms with Gasteiger partial charge in [0.25, 0.3) is 0 Å². The third-order valence-corrected chi connectivity index (χ3v) is 3.49. The Morgan fingerprint density at radius 3 is 2.52 bits per heavy atom. The molecule has 2 rings (SSSR count). The highest BCUT2D eigenvalue weighted by molar-refractivity contribution is 6.35. The Morgan fingerprint density at radius 2 is 1.86 bits per heavy atom. The summed E-state index contributed by atoms with van der Waals surface area (Å²) in [6.45, 7) is 0.343. The lowest BCUT2D eigenvalue weighted by atomic mass is 10.2. The van der Waals surface area contributed by atoms with Crippen LogP contribution >= 0.6 is 23.2 Å². The van der Waals surface area contributed by atoms with Gasteiger partial charge in [-0.2, -0.15) is 0 Å². The van der Waals surface area contributed by atoms with Crippen molar-refractivity contribution in [2.75, 3.05) is 19.5 Å². The Bertz CT molecular complexity index is 647. The molecular weight excluding hydrogens is 313 g/mol. The molecule has 0 spiro atoms. The van der Waals surface area contributed by atoms with Gasteiger partial charge >= 0.3 is 0 Å². The molecule has 0 bridgehead atoms. The number of phenols is 1. The molecule has 0 heterocycles. The van der Waals surface area contributed by atoms with Crippen LogP contribution in [0.4, 0.5) is 5.69 Å². The maximum absolute atomic E-state index is 9.94. The molecule has 0 atom stereocenters. The molecule has 0 amide bonds. The van der Waals surface area contributed by atoms with Crippen molar-refractivity contribution < 1.29 is 14.6 Å². The van der Waals surface area contributed by atoms with Gasteiger partial charge in [0.15, 0.2) is 0 Å². The summed E-state index contributed by atoms with van der Waals surface area (Å²) in [6, 6.07) is 8.56. The number of halogens is 2. The topological polar surface area (TPSA) is 50.7 Å². The monoisotopic (exact) mass is 327 g/mol. The van der Waals surface area contributed by atoms with Gasteiger partial charge in [-0.25, -0.2) is 0 Å². The summed E-state index contributed by atoms with van der Waals surface area (Å²) < 4.78 is 10.5. The van der Waals surface area contributed by atoms with Gasteiger partial charge in [0.1, 0.15) is 17.2 Å². The molecule has 4 nitrogen and oxygen atoms in total. The lowest BCUT2D eigenvalue weighted by Gasteiger charge is -2.14. The van der Waals surface area contributed by atoms with Crippen molar-refractivity contribution in [2.45, 2.75) is 6.54 Å². The van der Waals surface area contributed by atoms with Crippen LogP contribution in [0.5, 0.6) is 17.2 Å². The second kappa shape index (κ2) is 6.78. The van der Waals surface area contributed by atoms with E-state index >= 15 is 0 Å². The molecule has 0 aliphatic rings. The fraction of sp³-hybridized carbons (Fsp3) is 0.200. The third-order valence-electron chi connectivity index (χ3n) is 2.98. The molecule has 6 heteroatoms. The first-order valence-corrected chi connectivity index (χ1v) is 6.93. The van der Waals surface area contributed by atoms with Gasteiger partial charge in [0.2, 0.25) is 0 Å². The first-order chi connectivity index (χ1) is 10.0. The van der Waals surface area contributed by atoms with Crippen molar-refractivity contribution in [3.05, 3.63) is 45.9 Å². The molecular formula is C15H15Cl2NO3. The lowest BCUT2D eigenvalue weighted by molar-refractivity contribution is 0.404. The van der Waals surface area contributed by atoms with Gasteiger partial charge in [0.05, 0.1) is 24.9 Å². The van der Waals surface area contributed by atoms with Gasteiger partial charge in [-0.15, -0.1) is 0 Å². The molecule has 21 heavy (non-hydrogen) atoms. The van der Waals surface area contributed by atoms with Gasteiger partial charge in [0, 0.05) is 23.2 Å². The van der Waals surface area contributed by atoms with Crippen molar-refractivity contribution in [1.29, 1.82) is 0 Å². The Kier molecular flexibility index (Phi) is 5.04. The van der Waals surface area contributed by atoms with E-state index in [1.807, 2.05) is 6.07 Å². The first kappa shape index (κ1) is 15.6. The average molecular weight is 328 g/mol. The van der Waals surface area contributed by atoms with E-state index in [1.54, 1.807) is 32.4 Å². The summed E-state index contributed by atoms with van der Waals surface area (Å²) in [5.74, 6) is 1.38. The van der Waals surface area contributed by atoms with Gasteiger partial charge in [-0.1, -0.05) is 23.2 Å². The summed E-state index contributed by atoms with van der Waals surface area (Å²) in [6.07, 6.45) is 0. The van der Waals surface area contributed by atoms with Crippen LogP contribution in [0.15, 0.2) is 30.3 Å². The van der Waals surface area contributed by atoms with Gasteiger partial charge < -0.3 is 19.9 Å². The number of hydrogen-bond acceptors (Lipinski definition) is 4. The van der Waals surface area contributed by atoms with E-state index in [4.69, 9.17) is 32.7 Å². The molecule has 0 fully saturated rings. The predicted molar refractivity (Wildman–Crippen MR) is 85.0 cm³/mol. The van der Waals surface area contributed by atoms with E-state index in [0.29, 0.717) is 28.6 Å². The standard InChI is InChI=1S/C15H15Cl2NO3/c1-20-11-3-4-14(21-2)13(7-11)18-8-9-5-10(16)6-12(17)15(9)19/h3-7,18-19H,8H2,1-2H3. The van der Waals surface area contributed by atoms with E-state index in [-0.39, 0.29) is 10.8 Å². The fourth-order valence-corrected chi connectivity index (χ4v) is 2.43. The summed E-state index contributed by atoms with van der Waals surface area (Å²) in [7, 11) is 3.18. The minimum atomic E-state index is 0.00966. The van der Waals surface area contributed by atoms with Crippen LogP contribution in [-0.2, 0) is 6.54 Å². The number of anilines is 1. The van der Waals surface area contributed by atoms with E-state index in [0.717, 1.165) is 5.69 Å². The molecule has 2 N–H and O–H groups in total.